The minimum absolute atomic E-state index is 0.290. The molecule has 1 aromatic heterocycles. The van der Waals surface area contributed by atoms with Crippen LogP contribution >= 0.6 is 11.6 Å². The fourth-order valence-corrected chi connectivity index (χ4v) is 1.40. The Labute approximate surface area is 103 Å². The maximum absolute atomic E-state index is 11.4. The summed E-state index contributed by atoms with van der Waals surface area (Å²) in [6.45, 7) is 0. The molecule has 1 amide bonds. The minimum Gasteiger partial charge on any atom is -0.291 e. The number of benzene rings is 1. The highest BCUT2D eigenvalue weighted by Crippen LogP contribution is 2.11. The van der Waals surface area contributed by atoms with Gasteiger partial charge in [-0.2, -0.15) is 10.1 Å². The molecule has 0 saturated carbocycles. The van der Waals surface area contributed by atoms with Gasteiger partial charge in [0, 0.05) is 11.1 Å². The number of hydrogen-bond acceptors (Lipinski definition) is 3. The summed E-state index contributed by atoms with van der Waals surface area (Å²) in [7, 11) is 0. The lowest BCUT2D eigenvalue weighted by molar-refractivity contribution is -0.111. The lowest BCUT2D eigenvalue weighted by Crippen LogP contribution is -2.08. The van der Waals surface area contributed by atoms with Gasteiger partial charge in [-0.15, -0.1) is 0 Å². The van der Waals surface area contributed by atoms with Crippen LogP contribution in [-0.2, 0) is 4.79 Å². The molecule has 0 fully saturated rings. The molecule has 0 unspecified atom stereocenters. The van der Waals surface area contributed by atoms with Crippen LogP contribution in [0, 0.1) is 0 Å². The SMILES string of the molecule is O=C(/C=C/c1cccc(Cl)c1)Nc1ncn[nH]1. The third-order valence-electron chi connectivity index (χ3n) is 1.93. The lowest BCUT2D eigenvalue weighted by atomic mass is 10.2. The molecule has 2 N–H and O–H groups in total. The van der Waals surface area contributed by atoms with Gasteiger partial charge < -0.3 is 0 Å². The first-order valence-corrected chi connectivity index (χ1v) is 5.22. The molecule has 2 aromatic rings. The van der Waals surface area contributed by atoms with Gasteiger partial charge in [-0.1, -0.05) is 23.7 Å². The topological polar surface area (TPSA) is 70.7 Å². The summed E-state index contributed by atoms with van der Waals surface area (Å²) in [4.78, 5) is 15.2. The monoisotopic (exact) mass is 248 g/mol. The fraction of sp³-hybridized carbons (Fsp3) is 0. The van der Waals surface area contributed by atoms with Gasteiger partial charge in [0.15, 0.2) is 0 Å². The maximum Gasteiger partial charge on any atom is 0.250 e. The highest BCUT2D eigenvalue weighted by molar-refractivity contribution is 6.30. The number of amides is 1. The van der Waals surface area contributed by atoms with Crippen LogP contribution < -0.4 is 5.32 Å². The van der Waals surface area contributed by atoms with Crippen molar-refractivity contribution in [3.05, 3.63) is 47.3 Å². The second-order valence-electron chi connectivity index (χ2n) is 3.21. The minimum atomic E-state index is -0.290. The van der Waals surface area contributed by atoms with Crippen LogP contribution in [0.25, 0.3) is 6.08 Å². The van der Waals surface area contributed by atoms with Crippen molar-refractivity contribution >= 4 is 29.5 Å². The van der Waals surface area contributed by atoms with Gasteiger partial charge in [0.2, 0.25) is 5.95 Å². The van der Waals surface area contributed by atoms with E-state index >= 15 is 0 Å². The molecular weight excluding hydrogens is 240 g/mol. The van der Waals surface area contributed by atoms with Crippen LogP contribution in [0.3, 0.4) is 0 Å². The van der Waals surface area contributed by atoms with Gasteiger partial charge in [-0.3, -0.25) is 10.1 Å². The van der Waals surface area contributed by atoms with Crippen molar-refractivity contribution in [2.75, 3.05) is 5.32 Å². The zero-order chi connectivity index (χ0) is 12.1. The molecule has 0 aliphatic heterocycles. The Morgan fingerprint density at radius 2 is 2.35 bits per heavy atom. The van der Waals surface area contributed by atoms with E-state index in [4.69, 9.17) is 11.6 Å². The number of halogens is 1. The van der Waals surface area contributed by atoms with Crippen molar-refractivity contribution in [2.24, 2.45) is 0 Å². The Bertz CT molecular complexity index is 536. The summed E-state index contributed by atoms with van der Waals surface area (Å²) in [5.74, 6) is 0.0208. The first-order valence-electron chi connectivity index (χ1n) is 4.84. The average molecular weight is 249 g/mol. The Balaban J connectivity index is 1.99. The summed E-state index contributed by atoms with van der Waals surface area (Å²) in [5, 5.41) is 9.29. The van der Waals surface area contributed by atoms with Gasteiger partial charge in [0.25, 0.3) is 5.91 Å². The first-order chi connectivity index (χ1) is 8.24. The summed E-state index contributed by atoms with van der Waals surface area (Å²) in [6.07, 6.45) is 4.38. The van der Waals surface area contributed by atoms with Crippen LogP contribution in [-0.4, -0.2) is 21.1 Å². The van der Waals surface area contributed by atoms with Crippen molar-refractivity contribution < 1.29 is 4.79 Å². The van der Waals surface area contributed by atoms with Crippen LogP contribution in [0.15, 0.2) is 36.7 Å². The van der Waals surface area contributed by atoms with Gasteiger partial charge in [0.05, 0.1) is 0 Å². The van der Waals surface area contributed by atoms with Crippen molar-refractivity contribution in [3.63, 3.8) is 0 Å². The Morgan fingerprint density at radius 3 is 3.06 bits per heavy atom. The molecule has 0 atom stereocenters. The molecule has 2 rings (SSSR count). The van der Waals surface area contributed by atoms with Crippen molar-refractivity contribution in [1.82, 2.24) is 15.2 Å². The average Bonchev–Trinajstić information content (AvgIpc) is 2.79. The molecule has 1 heterocycles. The van der Waals surface area contributed by atoms with Gasteiger partial charge >= 0.3 is 0 Å². The summed E-state index contributed by atoms with van der Waals surface area (Å²) < 4.78 is 0. The number of aromatic amines is 1. The smallest absolute Gasteiger partial charge is 0.250 e. The van der Waals surface area contributed by atoms with E-state index in [1.54, 1.807) is 18.2 Å². The first kappa shape index (κ1) is 11.3. The number of hydrogen-bond donors (Lipinski definition) is 2. The van der Waals surface area contributed by atoms with E-state index in [2.05, 4.69) is 20.5 Å². The number of anilines is 1. The molecule has 0 spiro atoms. The van der Waals surface area contributed by atoms with E-state index in [1.807, 2.05) is 12.1 Å². The molecule has 86 valence electrons. The molecular formula is C11H9ClN4O. The van der Waals surface area contributed by atoms with Crippen molar-refractivity contribution in [2.45, 2.75) is 0 Å². The third kappa shape index (κ3) is 3.42. The second kappa shape index (κ2) is 5.27. The molecule has 1 aromatic carbocycles. The van der Waals surface area contributed by atoms with E-state index in [9.17, 15) is 4.79 Å². The van der Waals surface area contributed by atoms with E-state index in [1.165, 1.54) is 12.4 Å². The van der Waals surface area contributed by atoms with Crippen molar-refractivity contribution in [1.29, 1.82) is 0 Å². The third-order valence-corrected chi connectivity index (χ3v) is 2.17. The van der Waals surface area contributed by atoms with Gasteiger partial charge in [-0.25, -0.2) is 5.10 Å². The number of H-pyrrole nitrogens is 1. The summed E-state index contributed by atoms with van der Waals surface area (Å²) in [6, 6.07) is 7.20. The zero-order valence-corrected chi connectivity index (χ0v) is 9.48. The molecule has 0 aliphatic carbocycles. The molecule has 17 heavy (non-hydrogen) atoms. The highest BCUT2D eigenvalue weighted by atomic mass is 35.5. The number of carbonyl (C=O) groups excluding carboxylic acids is 1. The Kier molecular flexibility index (Phi) is 3.52. The summed E-state index contributed by atoms with van der Waals surface area (Å²) >= 11 is 5.82. The number of aromatic nitrogens is 3. The molecule has 0 bridgehead atoms. The molecule has 5 nitrogen and oxygen atoms in total. The number of nitrogens with zero attached hydrogens (tertiary/aromatic N) is 2. The predicted molar refractivity (Wildman–Crippen MR) is 65.5 cm³/mol. The summed E-state index contributed by atoms with van der Waals surface area (Å²) in [5.41, 5.74) is 0.852. The quantitative estimate of drug-likeness (QED) is 0.818. The molecule has 0 radical (unpaired) electrons. The second-order valence-corrected chi connectivity index (χ2v) is 3.65. The Morgan fingerprint density at radius 1 is 1.47 bits per heavy atom. The lowest BCUT2D eigenvalue weighted by Gasteiger charge is -1.96. The Hall–Kier alpha value is -2.14. The number of rotatable bonds is 3. The van der Waals surface area contributed by atoms with Gasteiger partial charge in [-0.05, 0) is 23.8 Å². The van der Waals surface area contributed by atoms with Crippen LogP contribution in [0.2, 0.25) is 5.02 Å². The van der Waals surface area contributed by atoms with E-state index in [-0.39, 0.29) is 5.91 Å². The van der Waals surface area contributed by atoms with E-state index in [0.29, 0.717) is 11.0 Å². The molecule has 6 heteroatoms. The molecule has 0 saturated heterocycles. The fourth-order valence-electron chi connectivity index (χ4n) is 1.21. The maximum atomic E-state index is 11.4. The van der Waals surface area contributed by atoms with E-state index < -0.39 is 0 Å². The zero-order valence-electron chi connectivity index (χ0n) is 8.72. The number of nitrogens with one attached hydrogen (secondary N) is 2. The van der Waals surface area contributed by atoms with Crippen LogP contribution in [0.1, 0.15) is 5.56 Å². The number of carbonyl (C=O) groups is 1. The van der Waals surface area contributed by atoms with E-state index in [0.717, 1.165) is 5.56 Å². The molecule has 0 aliphatic rings. The van der Waals surface area contributed by atoms with Crippen LogP contribution in [0.4, 0.5) is 5.95 Å². The standard InChI is InChI=1S/C11H9ClN4O/c12-9-3-1-2-8(6-9)4-5-10(17)15-11-13-7-14-16-11/h1-7H,(H2,13,14,15,16,17)/b5-4+. The largest absolute Gasteiger partial charge is 0.291 e. The predicted octanol–water partition coefficient (Wildman–Crippen LogP) is 2.11. The van der Waals surface area contributed by atoms with Gasteiger partial charge in [0.1, 0.15) is 6.33 Å². The van der Waals surface area contributed by atoms with Crippen LogP contribution in [0.5, 0.6) is 0 Å². The highest BCUT2D eigenvalue weighted by Gasteiger charge is 1.99. The normalized spacial score (nSPS) is 10.6. The van der Waals surface area contributed by atoms with Crippen molar-refractivity contribution in [3.8, 4) is 0 Å².